The molecule has 0 spiro atoms. The molecule has 2 aromatic carbocycles. The van der Waals surface area contributed by atoms with E-state index in [1.165, 1.54) is 24.1 Å². The summed E-state index contributed by atoms with van der Waals surface area (Å²) >= 11 is 0. The number of carbonyl (C=O) groups is 3. The van der Waals surface area contributed by atoms with Crippen LogP contribution in [0.5, 0.6) is 5.75 Å². The van der Waals surface area contributed by atoms with Crippen molar-refractivity contribution in [2.24, 2.45) is 0 Å². The van der Waals surface area contributed by atoms with Gasteiger partial charge in [-0.3, -0.25) is 14.4 Å². The number of Topliss-reactive ketones (excluding diaryl/α,β-unsaturated/α-hetero) is 1. The van der Waals surface area contributed by atoms with Gasteiger partial charge in [0.2, 0.25) is 0 Å². The summed E-state index contributed by atoms with van der Waals surface area (Å²) in [5.41, 5.74) is 0.719. The number of amides is 1. The molecule has 1 saturated heterocycles. The van der Waals surface area contributed by atoms with Gasteiger partial charge in [0.05, 0.1) is 18.7 Å². The number of nitrogens with zero attached hydrogens (tertiary/aromatic N) is 1. The van der Waals surface area contributed by atoms with Crippen LogP contribution in [0, 0.1) is 5.82 Å². The molecule has 1 heterocycles. The molecule has 3 rings (SSSR count). The summed E-state index contributed by atoms with van der Waals surface area (Å²) in [6.45, 7) is 0.215. The van der Waals surface area contributed by atoms with Crippen LogP contribution in [0.3, 0.4) is 0 Å². The summed E-state index contributed by atoms with van der Waals surface area (Å²) < 4.78 is 18.6. The Morgan fingerprint density at radius 1 is 1.06 bits per heavy atom. The van der Waals surface area contributed by atoms with E-state index in [-0.39, 0.29) is 29.9 Å². The van der Waals surface area contributed by atoms with Crippen molar-refractivity contribution in [2.75, 3.05) is 13.7 Å². The molecule has 1 atom stereocenters. The third-order valence-electron chi connectivity index (χ3n) is 5.36. The van der Waals surface area contributed by atoms with Gasteiger partial charge in [0.25, 0.3) is 11.7 Å². The van der Waals surface area contributed by atoms with E-state index in [4.69, 9.17) is 9.84 Å². The van der Waals surface area contributed by atoms with Crippen molar-refractivity contribution in [3.8, 4) is 5.75 Å². The van der Waals surface area contributed by atoms with Crippen molar-refractivity contribution >= 4 is 23.4 Å². The highest BCUT2D eigenvalue weighted by molar-refractivity contribution is 6.46. The number of carboxylic acid groups (broad SMARTS) is 1. The van der Waals surface area contributed by atoms with Gasteiger partial charge in [-0.15, -0.1) is 0 Å². The van der Waals surface area contributed by atoms with Crippen molar-refractivity contribution in [2.45, 2.75) is 31.7 Å². The molecule has 2 N–H and O–H groups in total. The smallest absolute Gasteiger partial charge is 0.303 e. The molecule has 168 valence electrons. The molecule has 1 aliphatic heterocycles. The number of rotatable bonds is 9. The molecule has 0 aliphatic carbocycles. The van der Waals surface area contributed by atoms with Gasteiger partial charge < -0.3 is 19.8 Å². The highest BCUT2D eigenvalue weighted by Gasteiger charge is 2.45. The summed E-state index contributed by atoms with van der Waals surface area (Å²) in [4.78, 5) is 37.9. The zero-order valence-corrected chi connectivity index (χ0v) is 17.6. The number of benzene rings is 2. The Bertz CT molecular complexity index is 1050. The third-order valence-corrected chi connectivity index (χ3v) is 5.36. The molecule has 1 fully saturated rings. The maximum atomic E-state index is 13.3. The number of hydrogen-bond acceptors (Lipinski definition) is 5. The molecule has 0 saturated carbocycles. The Hall–Kier alpha value is -3.68. The van der Waals surface area contributed by atoms with Crippen LogP contribution < -0.4 is 4.74 Å². The first kappa shape index (κ1) is 23.0. The zero-order chi connectivity index (χ0) is 23.3. The fourth-order valence-corrected chi connectivity index (χ4v) is 3.77. The number of carboxylic acids is 1. The lowest BCUT2D eigenvalue weighted by Crippen LogP contribution is -2.30. The zero-order valence-electron chi connectivity index (χ0n) is 17.6. The maximum Gasteiger partial charge on any atom is 0.303 e. The Balaban J connectivity index is 1.99. The van der Waals surface area contributed by atoms with Gasteiger partial charge in [-0.2, -0.15) is 0 Å². The Kier molecular flexibility index (Phi) is 7.25. The number of aliphatic hydroxyl groups is 1. The van der Waals surface area contributed by atoms with Crippen LogP contribution >= 0.6 is 0 Å². The topological polar surface area (TPSA) is 104 Å². The van der Waals surface area contributed by atoms with Gasteiger partial charge in [0.1, 0.15) is 17.3 Å². The second-order valence-electron chi connectivity index (χ2n) is 7.48. The Morgan fingerprint density at radius 2 is 1.78 bits per heavy atom. The molecule has 1 aliphatic rings. The molecular weight excluding hydrogens is 417 g/mol. The molecule has 2 aromatic rings. The van der Waals surface area contributed by atoms with Gasteiger partial charge in [-0.05, 0) is 54.8 Å². The van der Waals surface area contributed by atoms with Crippen LogP contribution in [-0.2, 0) is 14.4 Å². The van der Waals surface area contributed by atoms with Crippen LogP contribution in [-0.4, -0.2) is 46.4 Å². The molecule has 7 nitrogen and oxygen atoms in total. The van der Waals surface area contributed by atoms with Crippen LogP contribution in [0.2, 0.25) is 0 Å². The number of hydrogen-bond donors (Lipinski definition) is 2. The normalized spacial score (nSPS) is 17.6. The number of carbonyl (C=O) groups excluding carboxylic acids is 2. The average Bonchev–Trinajstić information content (AvgIpc) is 3.03. The van der Waals surface area contributed by atoms with E-state index in [1.807, 2.05) is 0 Å². The first-order valence-corrected chi connectivity index (χ1v) is 10.2. The van der Waals surface area contributed by atoms with Gasteiger partial charge in [0, 0.05) is 18.5 Å². The molecule has 1 unspecified atom stereocenters. The van der Waals surface area contributed by atoms with E-state index >= 15 is 0 Å². The van der Waals surface area contributed by atoms with Crippen LogP contribution in [0.25, 0.3) is 5.76 Å². The largest absolute Gasteiger partial charge is 0.507 e. The highest BCUT2D eigenvalue weighted by Crippen LogP contribution is 2.40. The quantitative estimate of drug-likeness (QED) is 0.265. The van der Waals surface area contributed by atoms with Crippen molar-refractivity contribution in [3.05, 3.63) is 71.0 Å². The Morgan fingerprint density at radius 3 is 2.44 bits per heavy atom. The lowest BCUT2D eigenvalue weighted by atomic mass is 9.95. The lowest BCUT2D eigenvalue weighted by Gasteiger charge is -2.25. The molecular formula is C24H24FNO6. The second-order valence-corrected chi connectivity index (χ2v) is 7.48. The fourth-order valence-electron chi connectivity index (χ4n) is 3.77. The molecule has 0 aromatic heterocycles. The summed E-state index contributed by atoms with van der Waals surface area (Å²) in [5, 5.41) is 19.7. The first-order valence-electron chi connectivity index (χ1n) is 10.2. The number of likely N-dealkylation sites (tertiary alicyclic amines) is 1. The number of ether oxygens (including phenoxy) is 1. The van der Waals surface area contributed by atoms with Crippen molar-refractivity contribution in [3.63, 3.8) is 0 Å². The van der Waals surface area contributed by atoms with E-state index in [2.05, 4.69) is 0 Å². The number of halogens is 1. The predicted molar refractivity (Wildman–Crippen MR) is 115 cm³/mol. The SMILES string of the molecule is COc1cccc(C2/C(=C(\O)c3ccc(F)cc3)C(=O)C(=O)N2CCCCCC(=O)O)c1. The molecule has 32 heavy (non-hydrogen) atoms. The van der Waals surface area contributed by atoms with E-state index < -0.39 is 29.5 Å². The molecule has 0 radical (unpaired) electrons. The summed E-state index contributed by atoms with van der Waals surface area (Å²) in [5.74, 6) is -2.82. The van der Waals surface area contributed by atoms with Crippen LogP contribution in [0.4, 0.5) is 4.39 Å². The van der Waals surface area contributed by atoms with E-state index in [0.717, 1.165) is 12.1 Å². The summed E-state index contributed by atoms with van der Waals surface area (Å²) in [6.07, 6.45) is 1.55. The minimum Gasteiger partial charge on any atom is -0.507 e. The molecule has 8 heteroatoms. The highest BCUT2D eigenvalue weighted by atomic mass is 19.1. The number of unbranched alkanes of at least 4 members (excludes halogenated alkanes) is 2. The number of aliphatic carboxylic acids is 1. The first-order chi connectivity index (χ1) is 15.3. The molecule has 0 bridgehead atoms. The van der Waals surface area contributed by atoms with Crippen LogP contribution in [0.15, 0.2) is 54.1 Å². The summed E-state index contributed by atoms with van der Waals surface area (Å²) in [7, 11) is 1.50. The molecule has 1 amide bonds. The van der Waals surface area contributed by atoms with E-state index in [9.17, 15) is 23.9 Å². The van der Waals surface area contributed by atoms with Gasteiger partial charge >= 0.3 is 5.97 Å². The standard InChI is InChI=1S/C24H24FNO6/c1-32-18-7-5-6-16(14-18)21-20(22(29)15-9-11-17(25)12-10-15)23(30)24(31)26(21)13-4-2-3-8-19(27)28/h5-7,9-12,14,21,29H,2-4,8,13H2,1H3,(H,27,28)/b22-20+. The predicted octanol–water partition coefficient (Wildman–Crippen LogP) is 3.90. The van der Waals surface area contributed by atoms with E-state index in [1.54, 1.807) is 24.3 Å². The number of ketones is 1. The Labute approximate surface area is 184 Å². The third kappa shape index (κ3) is 4.96. The van der Waals surface area contributed by atoms with E-state index in [0.29, 0.717) is 30.6 Å². The van der Waals surface area contributed by atoms with Crippen molar-refractivity contribution in [1.82, 2.24) is 4.90 Å². The van der Waals surface area contributed by atoms with Gasteiger partial charge in [-0.25, -0.2) is 4.39 Å². The minimum absolute atomic E-state index is 0.0305. The van der Waals surface area contributed by atoms with Crippen molar-refractivity contribution in [1.29, 1.82) is 0 Å². The van der Waals surface area contributed by atoms with Gasteiger partial charge in [-0.1, -0.05) is 18.6 Å². The van der Waals surface area contributed by atoms with Crippen molar-refractivity contribution < 1.29 is 33.7 Å². The second kappa shape index (κ2) is 10.1. The average molecular weight is 441 g/mol. The summed E-state index contributed by atoms with van der Waals surface area (Å²) in [6, 6.07) is 11.0. The number of methoxy groups -OCH3 is 1. The monoisotopic (exact) mass is 441 g/mol. The fraction of sp³-hybridized carbons (Fsp3) is 0.292. The number of aliphatic hydroxyl groups excluding tert-OH is 1. The van der Waals surface area contributed by atoms with Gasteiger partial charge in [0.15, 0.2) is 0 Å². The lowest BCUT2D eigenvalue weighted by molar-refractivity contribution is -0.140. The van der Waals surface area contributed by atoms with Crippen LogP contribution in [0.1, 0.15) is 42.9 Å². The maximum absolute atomic E-state index is 13.3. The minimum atomic E-state index is -0.888.